The Labute approximate surface area is 125 Å². The summed E-state index contributed by atoms with van der Waals surface area (Å²) >= 11 is 3.38. The minimum Gasteiger partial charge on any atom is -0.367 e. The van der Waals surface area contributed by atoms with E-state index in [4.69, 9.17) is 0 Å². The van der Waals surface area contributed by atoms with Crippen LogP contribution in [0.4, 0.5) is 11.4 Å². The second kappa shape index (κ2) is 6.04. The summed E-state index contributed by atoms with van der Waals surface area (Å²) in [7, 11) is 3.89. The maximum atomic E-state index is 10.8. The normalized spacial score (nSPS) is 10.6. The van der Waals surface area contributed by atoms with Crippen molar-refractivity contribution in [1.82, 2.24) is 9.55 Å². The molecule has 0 spiro atoms. The summed E-state index contributed by atoms with van der Waals surface area (Å²) in [6, 6.07) is 4.90. The Balaban J connectivity index is 2.27. The highest BCUT2D eigenvalue weighted by Crippen LogP contribution is 2.27. The van der Waals surface area contributed by atoms with Crippen LogP contribution in [0.15, 0.2) is 30.6 Å². The van der Waals surface area contributed by atoms with E-state index in [2.05, 4.69) is 20.9 Å². The molecule has 0 saturated heterocycles. The monoisotopic (exact) mass is 338 g/mol. The fraction of sp³-hybridized carbons (Fsp3) is 0.308. The number of nitrogens with zero attached hydrogens (tertiary/aromatic N) is 4. The first-order valence-electron chi connectivity index (χ1n) is 6.03. The number of halogens is 1. The van der Waals surface area contributed by atoms with E-state index in [1.807, 2.05) is 29.8 Å². The zero-order chi connectivity index (χ0) is 14.7. The third-order valence-corrected chi connectivity index (χ3v) is 3.73. The maximum Gasteiger partial charge on any atom is 0.269 e. The minimum atomic E-state index is -0.380. The van der Waals surface area contributed by atoms with Gasteiger partial charge in [-0.05, 0) is 11.6 Å². The smallest absolute Gasteiger partial charge is 0.269 e. The predicted molar refractivity (Wildman–Crippen MR) is 81.0 cm³/mol. The van der Waals surface area contributed by atoms with Crippen molar-refractivity contribution in [2.75, 3.05) is 11.9 Å². The van der Waals surface area contributed by atoms with Gasteiger partial charge in [-0.15, -0.1) is 0 Å². The van der Waals surface area contributed by atoms with E-state index in [9.17, 15) is 10.1 Å². The molecule has 2 aromatic rings. The van der Waals surface area contributed by atoms with Crippen LogP contribution in [0, 0.1) is 10.1 Å². The molecule has 0 fully saturated rings. The van der Waals surface area contributed by atoms with Gasteiger partial charge in [-0.3, -0.25) is 10.1 Å². The van der Waals surface area contributed by atoms with Crippen LogP contribution in [0.2, 0.25) is 0 Å². The lowest BCUT2D eigenvalue weighted by atomic mass is 10.1. The van der Waals surface area contributed by atoms with Crippen molar-refractivity contribution in [2.45, 2.75) is 11.9 Å². The maximum absolute atomic E-state index is 10.8. The van der Waals surface area contributed by atoms with Crippen LogP contribution < -0.4 is 4.90 Å². The number of anilines is 1. The van der Waals surface area contributed by atoms with Crippen LogP contribution in [0.25, 0.3) is 0 Å². The van der Waals surface area contributed by atoms with E-state index in [0.29, 0.717) is 11.9 Å². The molecule has 7 heteroatoms. The van der Waals surface area contributed by atoms with Gasteiger partial charge in [0.15, 0.2) is 0 Å². The highest BCUT2D eigenvalue weighted by molar-refractivity contribution is 9.08. The highest BCUT2D eigenvalue weighted by atomic mass is 79.9. The average molecular weight is 339 g/mol. The number of alkyl halides is 1. The van der Waals surface area contributed by atoms with Crippen LogP contribution in [0.5, 0.6) is 0 Å². The number of hydrogen-bond acceptors (Lipinski definition) is 4. The van der Waals surface area contributed by atoms with Crippen molar-refractivity contribution in [2.24, 2.45) is 7.05 Å². The van der Waals surface area contributed by atoms with Gasteiger partial charge in [-0.1, -0.05) is 15.9 Å². The third kappa shape index (κ3) is 2.98. The molecule has 1 aromatic carbocycles. The summed E-state index contributed by atoms with van der Waals surface area (Å²) in [5.74, 6) is 0.936. The predicted octanol–water partition coefficient (Wildman–Crippen LogP) is 2.86. The highest BCUT2D eigenvalue weighted by Gasteiger charge is 2.14. The fourth-order valence-corrected chi connectivity index (χ4v) is 2.46. The molecule has 0 aliphatic heterocycles. The SMILES string of the molecule is CN(Cc1nccn1C)c1ccc([N+](=O)[O-])cc1CBr. The van der Waals surface area contributed by atoms with E-state index in [1.54, 1.807) is 18.3 Å². The molecular weight excluding hydrogens is 324 g/mol. The number of rotatable bonds is 5. The van der Waals surface area contributed by atoms with Gasteiger partial charge >= 0.3 is 0 Å². The Kier molecular flexibility index (Phi) is 4.39. The molecule has 106 valence electrons. The van der Waals surface area contributed by atoms with Crippen LogP contribution in [-0.4, -0.2) is 21.5 Å². The summed E-state index contributed by atoms with van der Waals surface area (Å²) in [5, 5.41) is 11.4. The fourth-order valence-electron chi connectivity index (χ4n) is 2.01. The van der Waals surface area contributed by atoms with E-state index >= 15 is 0 Å². The molecule has 2 rings (SSSR count). The van der Waals surface area contributed by atoms with Crippen molar-refractivity contribution in [3.63, 3.8) is 0 Å². The van der Waals surface area contributed by atoms with Crippen molar-refractivity contribution >= 4 is 27.3 Å². The molecule has 1 aromatic heterocycles. The lowest BCUT2D eigenvalue weighted by Crippen LogP contribution is -2.20. The van der Waals surface area contributed by atoms with E-state index in [1.165, 1.54) is 6.07 Å². The van der Waals surface area contributed by atoms with Gasteiger partial charge < -0.3 is 9.47 Å². The van der Waals surface area contributed by atoms with E-state index < -0.39 is 0 Å². The van der Waals surface area contributed by atoms with Gasteiger partial charge in [0, 0.05) is 49.6 Å². The first kappa shape index (κ1) is 14.5. The molecule has 0 aliphatic carbocycles. The van der Waals surface area contributed by atoms with Gasteiger partial charge in [0.25, 0.3) is 5.69 Å². The number of nitro benzene ring substituents is 1. The van der Waals surface area contributed by atoms with Gasteiger partial charge in [0.1, 0.15) is 5.82 Å². The average Bonchev–Trinajstić information content (AvgIpc) is 2.83. The summed E-state index contributed by atoms with van der Waals surface area (Å²) in [6.45, 7) is 0.640. The van der Waals surface area contributed by atoms with Gasteiger partial charge in [-0.25, -0.2) is 4.98 Å². The lowest BCUT2D eigenvalue weighted by molar-refractivity contribution is -0.384. The molecule has 0 aliphatic rings. The minimum absolute atomic E-state index is 0.105. The van der Waals surface area contributed by atoms with Crippen molar-refractivity contribution < 1.29 is 4.92 Å². The Hall–Kier alpha value is -1.89. The third-order valence-electron chi connectivity index (χ3n) is 3.13. The van der Waals surface area contributed by atoms with Gasteiger partial charge in [0.2, 0.25) is 0 Å². The second-order valence-electron chi connectivity index (χ2n) is 4.51. The zero-order valence-corrected chi connectivity index (χ0v) is 12.9. The van der Waals surface area contributed by atoms with Crippen molar-refractivity contribution in [1.29, 1.82) is 0 Å². The number of non-ortho nitro benzene ring substituents is 1. The molecule has 0 saturated carbocycles. The molecular formula is C13H15BrN4O2. The quantitative estimate of drug-likeness (QED) is 0.477. The number of nitro groups is 1. The first-order chi connectivity index (χ1) is 9.52. The summed E-state index contributed by atoms with van der Waals surface area (Å²) in [4.78, 5) is 16.7. The molecule has 20 heavy (non-hydrogen) atoms. The van der Waals surface area contributed by atoms with Crippen molar-refractivity contribution in [3.8, 4) is 0 Å². The Morgan fingerprint density at radius 2 is 2.25 bits per heavy atom. The molecule has 0 unspecified atom stereocenters. The lowest BCUT2D eigenvalue weighted by Gasteiger charge is -2.21. The first-order valence-corrected chi connectivity index (χ1v) is 7.15. The Morgan fingerprint density at radius 1 is 1.50 bits per heavy atom. The second-order valence-corrected chi connectivity index (χ2v) is 5.07. The topological polar surface area (TPSA) is 64.2 Å². The van der Waals surface area contributed by atoms with Gasteiger partial charge in [0.05, 0.1) is 11.5 Å². The Bertz CT molecular complexity index is 627. The molecule has 0 radical (unpaired) electrons. The molecule has 6 nitrogen and oxygen atoms in total. The summed E-state index contributed by atoms with van der Waals surface area (Å²) in [5.41, 5.74) is 1.94. The van der Waals surface area contributed by atoms with Crippen LogP contribution in [0.3, 0.4) is 0 Å². The van der Waals surface area contributed by atoms with Gasteiger partial charge in [-0.2, -0.15) is 0 Å². The number of aromatic nitrogens is 2. The largest absolute Gasteiger partial charge is 0.367 e. The zero-order valence-electron chi connectivity index (χ0n) is 11.3. The molecule has 0 atom stereocenters. The molecule has 1 heterocycles. The number of aryl methyl sites for hydroxylation is 1. The van der Waals surface area contributed by atoms with E-state index in [0.717, 1.165) is 17.1 Å². The Morgan fingerprint density at radius 3 is 2.80 bits per heavy atom. The number of benzene rings is 1. The molecule has 0 amide bonds. The summed E-state index contributed by atoms with van der Waals surface area (Å²) < 4.78 is 1.95. The van der Waals surface area contributed by atoms with Crippen molar-refractivity contribution in [3.05, 3.63) is 52.1 Å². The van der Waals surface area contributed by atoms with E-state index in [-0.39, 0.29) is 10.6 Å². The van der Waals surface area contributed by atoms with Crippen LogP contribution in [-0.2, 0) is 18.9 Å². The standard InChI is InChI=1S/C13H15BrN4O2/c1-16-6-5-15-13(16)9-17(2)12-4-3-11(18(19)20)7-10(12)8-14/h3-7H,8-9H2,1-2H3. The molecule has 0 N–H and O–H groups in total. The molecule has 0 bridgehead atoms. The number of imidazole rings is 1. The number of hydrogen-bond donors (Lipinski definition) is 0. The summed E-state index contributed by atoms with van der Waals surface area (Å²) in [6.07, 6.45) is 3.65. The van der Waals surface area contributed by atoms with Crippen LogP contribution >= 0.6 is 15.9 Å². The van der Waals surface area contributed by atoms with Crippen LogP contribution in [0.1, 0.15) is 11.4 Å².